The Morgan fingerprint density at radius 2 is 1.40 bits per heavy atom. The van der Waals surface area contributed by atoms with Crippen LogP contribution >= 0.6 is 7.82 Å². The van der Waals surface area contributed by atoms with Gasteiger partial charge in [-0.2, -0.15) is 0 Å². The number of hydrogen-bond donors (Lipinski definition) is 1. The van der Waals surface area contributed by atoms with Crippen molar-refractivity contribution in [2.45, 2.75) is 109 Å². The van der Waals surface area contributed by atoms with Crippen LogP contribution in [0.15, 0.2) is 54.9 Å². The fourth-order valence-corrected chi connectivity index (χ4v) is 5.37. The summed E-state index contributed by atoms with van der Waals surface area (Å²) in [5.74, 6) is 0.280. The number of nitrogens with zero attached hydrogens (tertiary/aromatic N) is 1. The van der Waals surface area contributed by atoms with Gasteiger partial charge in [0.15, 0.2) is 18.9 Å². The van der Waals surface area contributed by atoms with E-state index in [2.05, 4.69) is 6.92 Å². The second-order valence-corrected chi connectivity index (χ2v) is 12.0. The molecule has 2 aromatic rings. The van der Waals surface area contributed by atoms with Gasteiger partial charge >= 0.3 is 7.82 Å². The molecule has 0 aliphatic rings. The van der Waals surface area contributed by atoms with Gasteiger partial charge in [-0.1, -0.05) is 109 Å². The first-order chi connectivity index (χ1) is 19.5. The normalized spacial score (nSPS) is 13.7. The third kappa shape index (κ3) is 17.1. The van der Waals surface area contributed by atoms with Crippen molar-refractivity contribution >= 4 is 7.82 Å². The van der Waals surface area contributed by atoms with Crippen LogP contribution < -0.4 is 9.09 Å². The monoisotopic (exact) mass is 578 g/mol. The Balaban J connectivity index is 1.50. The highest BCUT2D eigenvalue weighted by Gasteiger charge is 2.25. The summed E-state index contributed by atoms with van der Waals surface area (Å²) in [6.45, 7) is 3.75. The molecule has 0 saturated carbocycles. The summed E-state index contributed by atoms with van der Waals surface area (Å²) in [5.41, 5.74) is 0.945. The third-order valence-corrected chi connectivity index (χ3v) is 7.88. The van der Waals surface area contributed by atoms with Crippen LogP contribution in [-0.2, 0) is 25.1 Å². The minimum atomic E-state index is -4.30. The molecule has 1 aromatic heterocycles. The smallest absolute Gasteiger partial charge is 0.404 e. The van der Waals surface area contributed by atoms with E-state index in [1.165, 1.54) is 84.2 Å². The Kier molecular flexibility index (Phi) is 18.9. The van der Waals surface area contributed by atoms with Gasteiger partial charge in [0.1, 0.15) is 11.9 Å². The van der Waals surface area contributed by atoms with E-state index in [1.807, 2.05) is 41.2 Å². The maximum atomic E-state index is 12.5. The first-order valence-electron chi connectivity index (χ1n) is 15.3. The Bertz CT molecular complexity index is 929. The lowest BCUT2D eigenvalue weighted by Gasteiger charge is -2.18. The highest BCUT2D eigenvalue weighted by molar-refractivity contribution is 7.47. The molecule has 40 heavy (non-hydrogen) atoms. The van der Waals surface area contributed by atoms with Crippen LogP contribution in [0.1, 0.15) is 102 Å². The molecule has 0 aliphatic carbocycles. The van der Waals surface area contributed by atoms with E-state index in [-0.39, 0.29) is 12.4 Å². The number of rotatable bonds is 25. The number of unbranched alkanes of at least 4 members (excludes halogenated alkanes) is 13. The summed E-state index contributed by atoms with van der Waals surface area (Å²) in [6.07, 6.45) is 22.0. The Morgan fingerprint density at radius 3 is 2.00 bits per heavy atom. The maximum absolute atomic E-state index is 12.5. The summed E-state index contributed by atoms with van der Waals surface area (Å²) in [5, 5.41) is 0. The highest BCUT2D eigenvalue weighted by atomic mass is 31.2. The number of hydrogen-bond acceptors (Lipinski definition) is 5. The summed E-state index contributed by atoms with van der Waals surface area (Å²) in [6, 6.07) is 13.0. The van der Waals surface area contributed by atoms with Crippen molar-refractivity contribution in [2.75, 3.05) is 26.9 Å². The predicted molar refractivity (Wildman–Crippen MR) is 161 cm³/mol. The van der Waals surface area contributed by atoms with Gasteiger partial charge in [-0.05, 0) is 18.6 Å². The highest BCUT2D eigenvalue weighted by Crippen LogP contribution is 2.44. The van der Waals surface area contributed by atoms with Crippen LogP contribution in [0.2, 0.25) is 0 Å². The molecule has 0 amide bonds. The van der Waals surface area contributed by atoms with E-state index in [9.17, 15) is 9.46 Å². The second kappa shape index (κ2) is 21.9. The van der Waals surface area contributed by atoms with Crippen LogP contribution in [0.5, 0.6) is 5.75 Å². The van der Waals surface area contributed by atoms with Crippen molar-refractivity contribution in [3.63, 3.8) is 0 Å². The molecule has 1 aromatic carbocycles. The van der Waals surface area contributed by atoms with E-state index in [0.29, 0.717) is 19.8 Å². The predicted octanol–water partition coefficient (Wildman–Crippen LogP) is 8.03. The zero-order chi connectivity index (χ0) is 28.7. The van der Waals surface area contributed by atoms with E-state index >= 15 is 0 Å². The number of benzene rings is 1. The van der Waals surface area contributed by atoms with E-state index < -0.39 is 13.9 Å². The molecule has 226 valence electrons. The summed E-state index contributed by atoms with van der Waals surface area (Å²) in [4.78, 5) is 10.2. The van der Waals surface area contributed by atoms with E-state index in [1.54, 1.807) is 18.2 Å². The van der Waals surface area contributed by atoms with Gasteiger partial charge in [0, 0.05) is 31.4 Å². The second-order valence-electron chi connectivity index (χ2n) is 10.6. The van der Waals surface area contributed by atoms with E-state index in [4.69, 9.17) is 18.5 Å². The largest absolute Gasteiger partial charge is 0.527 e. The molecule has 0 aliphatic heterocycles. The molecule has 2 atom stereocenters. The zero-order valence-electron chi connectivity index (χ0n) is 24.9. The van der Waals surface area contributed by atoms with Crippen molar-refractivity contribution in [3.05, 3.63) is 60.4 Å². The molecule has 0 radical (unpaired) electrons. The average molecular weight is 579 g/mol. The molecule has 1 N–H and O–H groups in total. The van der Waals surface area contributed by atoms with Gasteiger partial charge < -0.3 is 14.0 Å². The van der Waals surface area contributed by atoms with Crippen LogP contribution in [0.4, 0.5) is 0 Å². The van der Waals surface area contributed by atoms with Gasteiger partial charge in [-0.25, -0.2) is 9.13 Å². The Labute approximate surface area is 242 Å². The minimum absolute atomic E-state index is 0.0947. The van der Waals surface area contributed by atoms with Crippen molar-refractivity contribution < 1.29 is 32.5 Å². The number of pyridine rings is 1. The number of methoxy groups -OCH3 is 1. The van der Waals surface area contributed by atoms with Crippen molar-refractivity contribution in [3.8, 4) is 5.75 Å². The SMILES string of the molecule is CCCCCCCCCCCCCCCCOCC(COP(=O)(O)Oc1cccc(C[n+]2ccccc2)c1)OC. The van der Waals surface area contributed by atoms with E-state index in [0.717, 1.165) is 18.4 Å². The lowest BCUT2D eigenvalue weighted by atomic mass is 10.0. The fraction of sp³-hybridized carbons (Fsp3) is 0.656. The van der Waals surface area contributed by atoms with Gasteiger partial charge in [0.25, 0.3) is 0 Å². The van der Waals surface area contributed by atoms with Crippen LogP contribution in [0, 0.1) is 0 Å². The van der Waals surface area contributed by atoms with Crippen molar-refractivity contribution in [1.82, 2.24) is 0 Å². The number of ether oxygens (including phenoxy) is 2. The molecule has 0 spiro atoms. The van der Waals surface area contributed by atoms with Crippen molar-refractivity contribution in [2.24, 2.45) is 0 Å². The third-order valence-electron chi connectivity index (χ3n) is 6.96. The Morgan fingerprint density at radius 1 is 0.800 bits per heavy atom. The first kappa shape index (κ1) is 34.4. The summed E-state index contributed by atoms with van der Waals surface area (Å²) < 4.78 is 36.1. The minimum Gasteiger partial charge on any atom is -0.404 e. The Hall–Kier alpha value is -1.76. The van der Waals surface area contributed by atoms with Crippen LogP contribution in [-0.4, -0.2) is 37.9 Å². The number of aromatic nitrogens is 1. The molecule has 0 fully saturated rings. The van der Waals surface area contributed by atoms with Crippen LogP contribution in [0.25, 0.3) is 0 Å². The fourth-order valence-electron chi connectivity index (χ4n) is 4.59. The molecule has 8 heteroatoms. The number of phosphoric acid groups is 1. The molecular weight excluding hydrogens is 525 g/mol. The van der Waals surface area contributed by atoms with Gasteiger partial charge in [0.2, 0.25) is 0 Å². The molecule has 1 heterocycles. The quantitative estimate of drug-likeness (QED) is 0.0730. The first-order valence-corrected chi connectivity index (χ1v) is 16.8. The van der Waals surface area contributed by atoms with Gasteiger partial charge in [-0.3, -0.25) is 9.42 Å². The molecular formula is C32H53NO6P+. The van der Waals surface area contributed by atoms with Crippen LogP contribution in [0.3, 0.4) is 0 Å². The molecule has 0 bridgehead atoms. The number of phosphoric ester groups is 1. The lowest BCUT2D eigenvalue weighted by molar-refractivity contribution is -0.688. The molecule has 2 rings (SSSR count). The molecule has 0 saturated heterocycles. The zero-order valence-corrected chi connectivity index (χ0v) is 25.8. The maximum Gasteiger partial charge on any atom is 0.527 e. The average Bonchev–Trinajstić information content (AvgIpc) is 2.95. The standard InChI is InChI=1S/C32H52NO6P/c1-3-4-5-6-7-8-9-10-11-12-13-14-15-19-25-37-28-32(36-2)29-38-40(34,35)39-31-22-20-21-30(26-31)27-33-23-17-16-18-24-33/h16-18,20-24,26,32H,3-15,19,25,27-29H2,1-2H3/p+1. The summed E-state index contributed by atoms with van der Waals surface area (Å²) >= 11 is 0. The topological polar surface area (TPSA) is 78.1 Å². The van der Waals surface area contributed by atoms with Crippen molar-refractivity contribution in [1.29, 1.82) is 0 Å². The summed E-state index contributed by atoms with van der Waals surface area (Å²) in [7, 11) is -2.76. The molecule has 2 unspecified atom stereocenters. The van der Waals surface area contributed by atoms with Gasteiger partial charge in [-0.15, -0.1) is 0 Å². The van der Waals surface area contributed by atoms with Gasteiger partial charge in [0.05, 0.1) is 13.2 Å². The lowest BCUT2D eigenvalue weighted by Crippen LogP contribution is -2.32. The molecule has 7 nitrogen and oxygen atoms in total.